The van der Waals surface area contributed by atoms with Gasteiger partial charge in [-0.25, -0.2) is 4.98 Å². The predicted molar refractivity (Wildman–Crippen MR) is 92.3 cm³/mol. The van der Waals surface area contributed by atoms with Gasteiger partial charge in [0, 0.05) is 26.7 Å². The zero-order valence-corrected chi connectivity index (χ0v) is 14.7. The summed E-state index contributed by atoms with van der Waals surface area (Å²) in [5, 5.41) is 0. The second-order valence-electron chi connectivity index (χ2n) is 6.22. The number of carbonyl (C=O) groups excluding carboxylic acids is 1. The monoisotopic (exact) mass is 380 g/mol. The number of anilines is 1. The molecule has 3 rings (SSSR count). The fourth-order valence-corrected chi connectivity index (χ4v) is 2.77. The Balaban J connectivity index is 1.74. The van der Waals surface area contributed by atoms with Crippen LogP contribution in [0.4, 0.5) is 19.0 Å². The van der Waals surface area contributed by atoms with Crippen LogP contribution in [0.1, 0.15) is 21.6 Å². The maximum Gasteiger partial charge on any atom is 0.416 e. The molecule has 0 saturated carbocycles. The van der Waals surface area contributed by atoms with Gasteiger partial charge in [-0.3, -0.25) is 9.78 Å². The Hall–Kier alpha value is -2.68. The zero-order chi connectivity index (χ0) is 19.4. The van der Waals surface area contributed by atoms with Gasteiger partial charge in [-0.05, 0) is 17.7 Å². The van der Waals surface area contributed by atoms with Gasteiger partial charge in [-0.1, -0.05) is 12.1 Å². The van der Waals surface area contributed by atoms with Crippen molar-refractivity contribution in [2.45, 2.75) is 12.7 Å². The summed E-state index contributed by atoms with van der Waals surface area (Å²) in [6.07, 6.45) is -1.53. The molecule has 9 heteroatoms. The number of alkyl halides is 3. The number of ether oxygens (including phenoxy) is 1. The molecular formula is C18H19F3N4O2. The van der Waals surface area contributed by atoms with E-state index >= 15 is 0 Å². The Bertz CT molecular complexity index is 807. The first-order valence-corrected chi connectivity index (χ1v) is 8.41. The van der Waals surface area contributed by atoms with E-state index in [9.17, 15) is 18.0 Å². The third kappa shape index (κ3) is 4.73. The summed E-state index contributed by atoms with van der Waals surface area (Å²) in [5.74, 6) is 0.173. The zero-order valence-electron chi connectivity index (χ0n) is 14.7. The summed E-state index contributed by atoms with van der Waals surface area (Å²) in [6.45, 7) is 2.14. The van der Waals surface area contributed by atoms with E-state index in [-0.39, 0.29) is 18.1 Å². The SMILES string of the molecule is CN(Cc1cccc(C(F)(F)F)c1)c1cncc(C(=O)N2CCOCC2)n1. The van der Waals surface area contributed by atoms with Gasteiger partial charge in [0.25, 0.3) is 5.91 Å². The first-order chi connectivity index (χ1) is 12.8. The normalized spacial score (nSPS) is 14.9. The Morgan fingerprint density at radius 2 is 2.00 bits per heavy atom. The molecule has 0 spiro atoms. The number of benzene rings is 1. The van der Waals surface area contributed by atoms with Gasteiger partial charge < -0.3 is 14.5 Å². The lowest BCUT2D eigenvalue weighted by atomic mass is 10.1. The molecule has 2 heterocycles. The fourth-order valence-electron chi connectivity index (χ4n) is 2.77. The third-order valence-electron chi connectivity index (χ3n) is 4.20. The lowest BCUT2D eigenvalue weighted by molar-refractivity contribution is -0.137. The van der Waals surface area contributed by atoms with Crippen LogP contribution in [0.3, 0.4) is 0 Å². The van der Waals surface area contributed by atoms with E-state index in [0.717, 1.165) is 12.1 Å². The molecule has 1 aliphatic rings. The van der Waals surface area contributed by atoms with Gasteiger partial charge in [0.2, 0.25) is 0 Å². The van der Waals surface area contributed by atoms with Crippen LogP contribution in [0.5, 0.6) is 0 Å². The molecule has 0 N–H and O–H groups in total. The van der Waals surface area contributed by atoms with Gasteiger partial charge in [0.05, 0.1) is 31.2 Å². The van der Waals surface area contributed by atoms with Crippen LogP contribution in [0.15, 0.2) is 36.7 Å². The molecule has 1 fully saturated rings. The molecule has 1 aromatic heterocycles. The quantitative estimate of drug-likeness (QED) is 0.816. The van der Waals surface area contributed by atoms with Crippen LogP contribution >= 0.6 is 0 Å². The summed E-state index contributed by atoms with van der Waals surface area (Å²) in [7, 11) is 1.69. The van der Waals surface area contributed by atoms with E-state index in [2.05, 4.69) is 9.97 Å². The van der Waals surface area contributed by atoms with Crippen molar-refractivity contribution in [2.75, 3.05) is 38.3 Å². The molecule has 2 aromatic rings. The smallest absolute Gasteiger partial charge is 0.378 e. The number of rotatable bonds is 4. The van der Waals surface area contributed by atoms with Gasteiger partial charge in [0.1, 0.15) is 11.5 Å². The van der Waals surface area contributed by atoms with Gasteiger partial charge in [-0.15, -0.1) is 0 Å². The van der Waals surface area contributed by atoms with Crippen molar-refractivity contribution in [3.8, 4) is 0 Å². The Morgan fingerprint density at radius 1 is 1.26 bits per heavy atom. The van der Waals surface area contributed by atoms with Crippen molar-refractivity contribution in [1.29, 1.82) is 0 Å². The molecule has 0 radical (unpaired) electrons. The molecular weight excluding hydrogens is 361 g/mol. The highest BCUT2D eigenvalue weighted by molar-refractivity contribution is 5.92. The van der Waals surface area contributed by atoms with E-state index in [1.807, 2.05) is 0 Å². The van der Waals surface area contributed by atoms with Crippen molar-refractivity contribution in [3.63, 3.8) is 0 Å². The van der Waals surface area contributed by atoms with Crippen molar-refractivity contribution >= 4 is 11.7 Å². The molecule has 144 valence electrons. The molecule has 1 amide bonds. The second-order valence-corrected chi connectivity index (χ2v) is 6.22. The lowest BCUT2D eigenvalue weighted by Gasteiger charge is -2.26. The Morgan fingerprint density at radius 3 is 2.70 bits per heavy atom. The van der Waals surface area contributed by atoms with Crippen molar-refractivity contribution in [2.24, 2.45) is 0 Å². The number of aromatic nitrogens is 2. The average Bonchev–Trinajstić information content (AvgIpc) is 2.68. The molecule has 1 saturated heterocycles. The van der Waals surface area contributed by atoms with Crippen LogP contribution in [-0.4, -0.2) is 54.1 Å². The Labute approximate surface area is 154 Å². The van der Waals surface area contributed by atoms with Crippen LogP contribution in [0, 0.1) is 0 Å². The maximum atomic E-state index is 12.9. The van der Waals surface area contributed by atoms with Crippen molar-refractivity contribution in [3.05, 3.63) is 53.5 Å². The fraction of sp³-hybridized carbons (Fsp3) is 0.389. The van der Waals surface area contributed by atoms with Crippen LogP contribution < -0.4 is 4.90 Å². The minimum Gasteiger partial charge on any atom is -0.378 e. The third-order valence-corrected chi connectivity index (χ3v) is 4.20. The molecule has 6 nitrogen and oxygen atoms in total. The number of morpholine rings is 1. The van der Waals surface area contributed by atoms with E-state index in [1.54, 1.807) is 22.9 Å². The molecule has 1 aliphatic heterocycles. The van der Waals surface area contributed by atoms with E-state index in [4.69, 9.17) is 4.74 Å². The topological polar surface area (TPSA) is 58.6 Å². The summed E-state index contributed by atoms with van der Waals surface area (Å²) in [5.41, 5.74) is -0.0138. The summed E-state index contributed by atoms with van der Waals surface area (Å²) < 4.78 is 43.8. The van der Waals surface area contributed by atoms with E-state index < -0.39 is 11.7 Å². The summed E-state index contributed by atoms with van der Waals surface area (Å²) >= 11 is 0. The average molecular weight is 380 g/mol. The summed E-state index contributed by atoms with van der Waals surface area (Å²) in [6, 6.07) is 5.12. The summed E-state index contributed by atoms with van der Waals surface area (Å²) in [4.78, 5) is 24.2. The molecule has 0 aliphatic carbocycles. The molecule has 1 aromatic carbocycles. The van der Waals surface area contributed by atoms with Crippen LogP contribution in [0.2, 0.25) is 0 Å². The highest BCUT2D eigenvalue weighted by atomic mass is 19.4. The molecule has 0 atom stereocenters. The maximum absolute atomic E-state index is 12.9. The molecule has 0 bridgehead atoms. The second kappa shape index (κ2) is 7.91. The van der Waals surface area contributed by atoms with Crippen LogP contribution in [-0.2, 0) is 17.5 Å². The first kappa shape index (κ1) is 19.1. The number of carbonyl (C=O) groups is 1. The highest BCUT2D eigenvalue weighted by Crippen LogP contribution is 2.29. The van der Waals surface area contributed by atoms with Crippen molar-refractivity contribution < 1.29 is 22.7 Å². The highest BCUT2D eigenvalue weighted by Gasteiger charge is 2.30. The van der Waals surface area contributed by atoms with Gasteiger partial charge in [0.15, 0.2) is 0 Å². The first-order valence-electron chi connectivity index (χ1n) is 8.41. The van der Waals surface area contributed by atoms with E-state index in [0.29, 0.717) is 37.7 Å². The number of amides is 1. The number of halogens is 3. The van der Waals surface area contributed by atoms with Gasteiger partial charge >= 0.3 is 6.18 Å². The van der Waals surface area contributed by atoms with Crippen LogP contribution in [0.25, 0.3) is 0 Å². The number of hydrogen-bond donors (Lipinski definition) is 0. The molecule has 27 heavy (non-hydrogen) atoms. The molecule has 0 unspecified atom stereocenters. The van der Waals surface area contributed by atoms with Crippen molar-refractivity contribution in [1.82, 2.24) is 14.9 Å². The lowest BCUT2D eigenvalue weighted by Crippen LogP contribution is -2.41. The van der Waals surface area contributed by atoms with Gasteiger partial charge in [-0.2, -0.15) is 13.2 Å². The number of hydrogen-bond acceptors (Lipinski definition) is 5. The van der Waals surface area contributed by atoms with E-state index in [1.165, 1.54) is 18.5 Å². The Kier molecular flexibility index (Phi) is 5.59. The standard InChI is InChI=1S/C18H19F3N4O2/c1-24(12-13-3-2-4-14(9-13)18(19,20)21)16-11-22-10-15(23-16)17(26)25-5-7-27-8-6-25/h2-4,9-11H,5-8,12H2,1H3. The predicted octanol–water partition coefficient (Wildman–Crippen LogP) is 2.60. The number of nitrogens with zero attached hydrogens (tertiary/aromatic N) is 4. The minimum atomic E-state index is -4.39. The largest absolute Gasteiger partial charge is 0.416 e. The minimum absolute atomic E-state index is 0.199.